The van der Waals surface area contributed by atoms with Gasteiger partial charge in [0, 0.05) is 25.4 Å². The second-order valence-electron chi connectivity index (χ2n) is 9.29. The van der Waals surface area contributed by atoms with Crippen LogP contribution in [0.25, 0.3) is 0 Å². The molecule has 9 nitrogen and oxygen atoms in total. The van der Waals surface area contributed by atoms with Gasteiger partial charge in [0.05, 0.1) is 30.4 Å². The van der Waals surface area contributed by atoms with Crippen molar-refractivity contribution in [2.24, 2.45) is 11.8 Å². The Bertz CT molecular complexity index is 1180. The maximum absolute atomic E-state index is 13.5. The van der Waals surface area contributed by atoms with E-state index in [1.807, 2.05) is 6.92 Å². The normalized spacial score (nSPS) is 21.6. The third kappa shape index (κ3) is 5.37. The standard InChI is InChI=1S/C24H31N3O6S2/c1-15-12-27(16(2)14-28)24(30)18-6-4-7-19(25-23(29)17-9-10-17)22(18)33-20(15)13-26(3)35(31,32)21-8-5-11-34-21/h4-8,11,15-17,20,28H,9-10,12-14H2,1-3H3,(H,25,29)/t15-,16+,20-/m0/s1. The first-order valence-electron chi connectivity index (χ1n) is 11.7. The maximum atomic E-state index is 13.5. The van der Waals surface area contributed by atoms with Gasteiger partial charge in [-0.1, -0.05) is 19.1 Å². The lowest BCUT2D eigenvalue weighted by Crippen LogP contribution is -2.50. The monoisotopic (exact) mass is 521 g/mol. The van der Waals surface area contributed by atoms with Crippen LogP contribution in [0.5, 0.6) is 5.75 Å². The number of para-hydroxylation sites is 1. The van der Waals surface area contributed by atoms with Gasteiger partial charge in [-0.05, 0) is 43.3 Å². The number of hydrogen-bond acceptors (Lipinski definition) is 7. The van der Waals surface area contributed by atoms with Gasteiger partial charge in [-0.25, -0.2) is 8.42 Å². The van der Waals surface area contributed by atoms with Crippen LogP contribution in [-0.2, 0) is 14.8 Å². The van der Waals surface area contributed by atoms with Crippen molar-refractivity contribution < 1.29 is 27.9 Å². The molecule has 0 radical (unpaired) electrons. The summed E-state index contributed by atoms with van der Waals surface area (Å²) in [7, 11) is -2.21. The van der Waals surface area contributed by atoms with Gasteiger partial charge in [-0.3, -0.25) is 9.59 Å². The van der Waals surface area contributed by atoms with Crippen molar-refractivity contribution in [3.8, 4) is 5.75 Å². The van der Waals surface area contributed by atoms with Crippen LogP contribution in [0.4, 0.5) is 5.69 Å². The minimum absolute atomic E-state index is 0.0429. The number of thiophene rings is 1. The molecule has 1 aromatic heterocycles. The lowest BCUT2D eigenvalue weighted by Gasteiger charge is -2.38. The number of amides is 2. The largest absolute Gasteiger partial charge is 0.486 e. The summed E-state index contributed by atoms with van der Waals surface area (Å²) in [5, 5.41) is 14.4. The number of aliphatic hydroxyl groups is 1. The van der Waals surface area contributed by atoms with Gasteiger partial charge in [0.15, 0.2) is 5.75 Å². The molecule has 0 spiro atoms. The minimum Gasteiger partial charge on any atom is -0.486 e. The molecule has 2 aromatic rings. The van der Waals surface area contributed by atoms with E-state index >= 15 is 0 Å². The Balaban J connectivity index is 1.71. The summed E-state index contributed by atoms with van der Waals surface area (Å²) in [6.45, 7) is 3.74. The topological polar surface area (TPSA) is 116 Å². The number of benzene rings is 1. The molecule has 1 aliphatic carbocycles. The lowest BCUT2D eigenvalue weighted by atomic mass is 9.99. The molecule has 190 valence electrons. The Morgan fingerprint density at radius 1 is 1.31 bits per heavy atom. The van der Waals surface area contributed by atoms with Crippen molar-refractivity contribution in [3.63, 3.8) is 0 Å². The first-order valence-corrected chi connectivity index (χ1v) is 14.0. The predicted molar refractivity (Wildman–Crippen MR) is 133 cm³/mol. The lowest BCUT2D eigenvalue weighted by molar-refractivity contribution is -0.117. The molecule has 0 saturated heterocycles. The van der Waals surface area contributed by atoms with E-state index < -0.39 is 22.2 Å². The van der Waals surface area contributed by atoms with E-state index in [2.05, 4.69) is 5.32 Å². The average Bonchev–Trinajstić information content (AvgIpc) is 3.54. The number of hydrogen-bond donors (Lipinski definition) is 2. The molecular weight excluding hydrogens is 490 g/mol. The van der Waals surface area contributed by atoms with Crippen molar-refractivity contribution in [3.05, 3.63) is 41.3 Å². The molecular formula is C24H31N3O6S2. The van der Waals surface area contributed by atoms with E-state index in [1.54, 1.807) is 47.5 Å². The number of carbonyl (C=O) groups is 2. The van der Waals surface area contributed by atoms with E-state index in [0.717, 1.165) is 24.2 Å². The molecule has 1 aliphatic heterocycles. The Labute approximate surface area is 209 Å². The van der Waals surface area contributed by atoms with Gasteiger partial charge in [0.25, 0.3) is 15.9 Å². The number of ether oxygens (including phenoxy) is 1. The second kappa shape index (κ2) is 10.3. The second-order valence-corrected chi connectivity index (χ2v) is 12.5. The average molecular weight is 522 g/mol. The van der Waals surface area contributed by atoms with E-state index in [4.69, 9.17) is 4.74 Å². The predicted octanol–water partition coefficient (Wildman–Crippen LogP) is 2.64. The Kier molecular flexibility index (Phi) is 7.51. The summed E-state index contributed by atoms with van der Waals surface area (Å²) in [5.41, 5.74) is 0.645. The molecule has 2 heterocycles. The van der Waals surface area contributed by atoms with Crippen LogP contribution in [0.3, 0.4) is 0 Å². The number of sulfonamides is 1. The Hall–Kier alpha value is -2.47. The highest BCUT2D eigenvalue weighted by Gasteiger charge is 2.37. The number of nitrogens with zero attached hydrogens (tertiary/aromatic N) is 2. The summed E-state index contributed by atoms with van der Waals surface area (Å²) in [5.74, 6) is -0.528. The van der Waals surface area contributed by atoms with Gasteiger partial charge in [0.2, 0.25) is 5.91 Å². The zero-order chi connectivity index (χ0) is 25.3. The summed E-state index contributed by atoms with van der Waals surface area (Å²) < 4.78 is 34.0. The number of anilines is 1. The first-order chi connectivity index (χ1) is 16.6. The molecule has 2 amide bonds. The summed E-state index contributed by atoms with van der Waals surface area (Å²) >= 11 is 1.14. The molecule has 2 N–H and O–H groups in total. The zero-order valence-electron chi connectivity index (χ0n) is 20.0. The number of aliphatic hydroxyl groups excluding tert-OH is 1. The van der Waals surface area contributed by atoms with Crippen molar-refractivity contribution in [2.75, 3.05) is 32.1 Å². The summed E-state index contributed by atoms with van der Waals surface area (Å²) in [4.78, 5) is 27.6. The molecule has 11 heteroatoms. The fourth-order valence-electron chi connectivity index (χ4n) is 4.06. The van der Waals surface area contributed by atoms with Gasteiger partial charge < -0.3 is 20.1 Å². The van der Waals surface area contributed by atoms with Crippen molar-refractivity contribution in [2.45, 2.75) is 43.0 Å². The molecule has 3 atom stereocenters. The highest BCUT2D eigenvalue weighted by atomic mass is 32.2. The number of carbonyl (C=O) groups excluding carboxylic acids is 2. The van der Waals surface area contributed by atoms with Crippen LogP contribution in [0.1, 0.15) is 37.0 Å². The van der Waals surface area contributed by atoms with E-state index in [-0.39, 0.29) is 58.9 Å². The summed E-state index contributed by atoms with van der Waals surface area (Å²) in [6.07, 6.45) is 1.04. The molecule has 1 saturated carbocycles. The molecule has 1 fully saturated rings. The smallest absolute Gasteiger partial charge is 0.258 e. The molecule has 35 heavy (non-hydrogen) atoms. The molecule has 1 aromatic carbocycles. The van der Waals surface area contributed by atoms with Crippen molar-refractivity contribution in [1.29, 1.82) is 0 Å². The van der Waals surface area contributed by atoms with Gasteiger partial charge in [0.1, 0.15) is 10.3 Å². The van der Waals surface area contributed by atoms with Gasteiger partial charge in [-0.15, -0.1) is 11.3 Å². The molecule has 0 unspecified atom stereocenters. The van der Waals surface area contributed by atoms with Crippen LogP contribution in [0.15, 0.2) is 39.9 Å². The Morgan fingerprint density at radius 3 is 2.69 bits per heavy atom. The highest BCUT2D eigenvalue weighted by molar-refractivity contribution is 7.91. The number of rotatable bonds is 8. The van der Waals surface area contributed by atoms with Crippen LogP contribution in [0.2, 0.25) is 0 Å². The third-order valence-corrected chi connectivity index (χ3v) is 9.69. The number of fused-ring (bicyclic) bond motifs is 1. The summed E-state index contributed by atoms with van der Waals surface area (Å²) in [6, 6.07) is 7.78. The molecule has 0 bridgehead atoms. The van der Waals surface area contributed by atoms with Crippen molar-refractivity contribution >= 4 is 38.9 Å². The molecule has 2 aliphatic rings. The minimum atomic E-state index is -3.71. The van der Waals surface area contributed by atoms with Gasteiger partial charge in [-0.2, -0.15) is 4.31 Å². The maximum Gasteiger partial charge on any atom is 0.258 e. The van der Waals surface area contributed by atoms with Crippen LogP contribution >= 0.6 is 11.3 Å². The van der Waals surface area contributed by atoms with E-state index in [9.17, 15) is 23.1 Å². The SMILES string of the molecule is C[C@H](CO)N1C[C@H](C)[C@H](CN(C)S(=O)(=O)c2cccs2)Oc2c(NC(=O)C3CC3)cccc2C1=O. The van der Waals surface area contributed by atoms with E-state index in [0.29, 0.717) is 5.69 Å². The van der Waals surface area contributed by atoms with Crippen LogP contribution in [-0.4, -0.2) is 73.4 Å². The zero-order valence-corrected chi connectivity index (χ0v) is 21.6. The van der Waals surface area contributed by atoms with E-state index in [1.165, 1.54) is 11.4 Å². The molecule has 4 rings (SSSR count). The van der Waals surface area contributed by atoms with Gasteiger partial charge >= 0.3 is 0 Å². The fraction of sp³-hybridized carbons (Fsp3) is 0.500. The fourth-order valence-corrected chi connectivity index (χ4v) is 6.44. The number of nitrogens with one attached hydrogen (secondary N) is 1. The quantitative estimate of drug-likeness (QED) is 0.552. The van der Waals surface area contributed by atoms with Crippen molar-refractivity contribution in [1.82, 2.24) is 9.21 Å². The first kappa shape index (κ1) is 25.6. The highest BCUT2D eigenvalue weighted by Crippen LogP contribution is 2.37. The Morgan fingerprint density at radius 2 is 2.06 bits per heavy atom. The van der Waals surface area contributed by atoms with Crippen LogP contribution < -0.4 is 10.1 Å². The third-order valence-electron chi connectivity index (χ3n) is 6.49. The number of likely N-dealkylation sites (N-methyl/N-ethyl adjacent to an activating group) is 1. The van der Waals surface area contributed by atoms with Crippen LogP contribution in [0, 0.1) is 11.8 Å².